The molecule has 0 unspecified atom stereocenters. The molecular weight excluding hydrogens is 325 g/mol. The molecule has 0 fully saturated rings. The largest absolute Gasteiger partial charge is 0.322 e. The van der Waals surface area contributed by atoms with Crippen molar-refractivity contribution in [3.63, 3.8) is 0 Å². The summed E-state index contributed by atoms with van der Waals surface area (Å²) in [6, 6.07) is 11.8. The number of nitrogens with zero attached hydrogens (tertiary/aromatic N) is 4. The summed E-state index contributed by atoms with van der Waals surface area (Å²) in [5, 5.41) is 14.5. The molecule has 0 aliphatic carbocycles. The summed E-state index contributed by atoms with van der Waals surface area (Å²) in [5.74, 6) is -0.307. The Balaban J connectivity index is 1.84. The number of aromatic nitrogens is 4. The van der Waals surface area contributed by atoms with Gasteiger partial charge in [0.1, 0.15) is 6.33 Å². The normalized spacial score (nSPS) is 10.5. The van der Waals surface area contributed by atoms with Gasteiger partial charge in [0.25, 0.3) is 5.91 Å². The van der Waals surface area contributed by atoms with E-state index in [0.29, 0.717) is 21.3 Å². The Morgan fingerprint density at radius 1 is 1.09 bits per heavy atom. The Hall–Kier alpha value is -2.44. The molecule has 2 aromatic carbocycles. The molecule has 3 aromatic rings. The van der Waals surface area contributed by atoms with Crippen molar-refractivity contribution in [2.45, 2.75) is 0 Å². The number of halogens is 2. The van der Waals surface area contributed by atoms with Crippen molar-refractivity contribution in [3.05, 3.63) is 64.4 Å². The van der Waals surface area contributed by atoms with E-state index in [2.05, 4.69) is 20.8 Å². The lowest BCUT2D eigenvalue weighted by Crippen LogP contribution is -2.12. The van der Waals surface area contributed by atoms with Crippen LogP contribution in [0.1, 0.15) is 10.4 Å². The van der Waals surface area contributed by atoms with Crippen molar-refractivity contribution in [1.29, 1.82) is 0 Å². The van der Waals surface area contributed by atoms with Crippen LogP contribution in [0.2, 0.25) is 10.0 Å². The minimum Gasteiger partial charge on any atom is -0.322 e. The van der Waals surface area contributed by atoms with Gasteiger partial charge in [0, 0.05) is 21.3 Å². The van der Waals surface area contributed by atoms with E-state index in [1.807, 2.05) is 6.07 Å². The molecule has 3 rings (SSSR count). The maximum atomic E-state index is 12.2. The van der Waals surface area contributed by atoms with Gasteiger partial charge in [0.05, 0.1) is 5.69 Å². The first-order chi connectivity index (χ1) is 10.6. The SMILES string of the molecule is O=C(Nc1cccc(-n2cnnn2)c1)c1cc(Cl)cc(Cl)c1. The molecule has 0 aliphatic heterocycles. The molecule has 0 bridgehead atoms. The van der Waals surface area contributed by atoms with E-state index in [1.165, 1.54) is 11.0 Å². The lowest BCUT2D eigenvalue weighted by Gasteiger charge is -2.08. The van der Waals surface area contributed by atoms with Crippen molar-refractivity contribution in [2.24, 2.45) is 0 Å². The Labute approximate surface area is 135 Å². The van der Waals surface area contributed by atoms with Crippen LogP contribution in [0.15, 0.2) is 48.8 Å². The molecule has 22 heavy (non-hydrogen) atoms. The van der Waals surface area contributed by atoms with Crippen molar-refractivity contribution in [3.8, 4) is 5.69 Å². The summed E-state index contributed by atoms with van der Waals surface area (Å²) in [4.78, 5) is 12.2. The topological polar surface area (TPSA) is 72.7 Å². The number of carbonyl (C=O) groups is 1. The third-order valence-electron chi connectivity index (χ3n) is 2.84. The molecule has 8 heteroatoms. The molecule has 0 saturated carbocycles. The second-order valence-electron chi connectivity index (χ2n) is 4.42. The minimum absolute atomic E-state index is 0.307. The fourth-order valence-electron chi connectivity index (χ4n) is 1.89. The summed E-state index contributed by atoms with van der Waals surface area (Å²) < 4.78 is 1.49. The fourth-order valence-corrected chi connectivity index (χ4v) is 2.42. The zero-order valence-electron chi connectivity index (χ0n) is 11.1. The van der Waals surface area contributed by atoms with Crippen LogP contribution in [0.25, 0.3) is 5.69 Å². The van der Waals surface area contributed by atoms with Gasteiger partial charge in [-0.2, -0.15) is 0 Å². The standard InChI is InChI=1S/C14H9Cl2N5O/c15-10-4-9(5-11(16)6-10)14(22)18-12-2-1-3-13(7-12)21-8-17-19-20-21/h1-8H,(H,18,22). The summed E-state index contributed by atoms with van der Waals surface area (Å²) in [6.45, 7) is 0. The lowest BCUT2D eigenvalue weighted by molar-refractivity contribution is 0.102. The lowest BCUT2D eigenvalue weighted by atomic mass is 10.2. The number of tetrazole rings is 1. The molecule has 110 valence electrons. The summed E-state index contributed by atoms with van der Waals surface area (Å²) in [7, 11) is 0. The number of anilines is 1. The van der Waals surface area contributed by atoms with Crippen LogP contribution in [0.4, 0.5) is 5.69 Å². The highest BCUT2D eigenvalue weighted by Crippen LogP contribution is 2.20. The molecule has 1 amide bonds. The van der Waals surface area contributed by atoms with Crippen LogP contribution in [-0.2, 0) is 0 Å². The van der Waals surface area contributed by atoms with E-state index in [1.54, 1.807) is 36.4 Å². The average molecular weight is 334 g/mol. The number of amides is 1. The number of nitrogens with one attached hydrogen (secondary N) is 1. The predicted molar refractivity (Wildman–Crippen MR) is 83.6 cm³/mol. The first-order valence-electron chi connectivity index (χ1n) is 6.23. The minimum atomic E-state index is -0.307. The highest BCUT2D eigenvalue weighted by atomic mass is 35.5. The zero-order chi connectivity index (χ0) is 15.5. The first-order valence-corrected chi connectivity index (χ1v) is 6.98. The molecule has 0 radical (unpaired) electrons. The maximum absolute atomic E-state index is 12.2. The molecule has 1 heterocycles. The summed E-state index contributed by atoms with van der Waals surface area (Å²) in [6.07, 6.45) is 1.47. The predicted octanol–water partition coefficient (Wildman–Crippen LogP) is 3.22. The van der Waals surface area contributed by atoms with E-state index in [4.69, 9.17) is 23.2 Å². The van der Waals surface area contributed by atoms with Crippen LogP contribution in [0, 0.1) is 0 Å². The van der Waals surface area contributed by atoms with Gasteiger partial charge in [-0.15, -0.1) is 5.10 Å². The quantitative estimate of drug-likeness (QED) is 0.798. The molecule has 1 N–H and O–H groups in total. The maximum Gasteiger partial charge on any atom is 0.255 e. The number of benzene rings is 2. The van der Waals surface area contributed by atoms with Gasteiger partial charge in [0.2, 0.25) is 0 Å². The van der Waals surface area contributed by atoms with E-state index in [0.717, 1.165) is 5.69 Å². The number of hydrogen-bond donors (Lipinski definition) is 1. The summed E-state index contributed by atoms with van der Waals surface area (Å²) >= 11 is 11.8. The Kier molecular flexibility index (Phi) is 4.04. The Morgan fingerprint density at radius 2 is 1.86 bits per heavy atom. The van der Waals surface area contributed by atoms with Crippen molar-refractivity contribution < 1.29 is 4.79 Å². The number of carbonyl (C=O) groups excluding carboxylic acids is 1. The van der Waals surface area contributed by atoms with Gasteiger partial charge in [-0.05, 0) is 46.8 Å². The number of rotatable bonds is 3. The van der Waals surface area contributed by atoms with Gasteiger partial charge in [0.15, 0.2) is 0 Å². The fraction of sp³-hybridized carbons (Fsp3) is 0. The monoisotopic (exact) mass is 333 g/mol. The molecule has 0 spiro atoms. The van der Waals surface area contributed by atoms with Crippen molar-refractivity contribution in [2.75, 3.05) is 5.32 Å². The van der Waals surface area contributed by atoms with Crippen molar-refractivity contribution >= 4 is 34.8 Å². The van der Waals surface area contributed by atoms with Crippen LogP contribution >= 0.6 is 23.2 Å². The van der Waals surface area contributed by atoms with Crippen LogP contribution in [0.5, 0.6) is 0 Å². The van der Waals surface area contributed by atoms with Crippen LogP contribution in [0.3, 0.4) is 0 Å². The van der Waals surface area contributed by atoms with E-state index < -0.39 is 0 Å². The molecule has 0 saturated heterocycles. The third-order valence-corrected chi connectivity index (χ3v) is 3.28. The van der Waals surface area contributed by atoms with Gasteiger partial charge in [-0.25, -0.2) is 4.68 Å². The third kappa shape index (κ3) is 3.24. The van der Waals surface area contributed by atoms with Gasteiger partial charge < -0.3 is 5.32 Å². The second-order valence-corrected chi connectivity index (χ2v) is 5.29. The Bertz CT molecular complexity index is 800. The molecule has 0 atom stereocenters. The van der Waals surface area contributed by atoms with Gasteiger partial charge >= 0.3 is 0 Å². The Morgan fingerprint density at radius 3 is 2.55 bits per heavy atom. The van der Waals surface area contributed by atoms with Crippen molar-refractivity contribution in [1.82, 2.24) is 20.2 Å². The zero-order valence-corrected chi connectivity index (χ0v) is 12.6. The average Bonchev–Trinajstić information content (AvgIpc) is 3.00. The van der Waals surface area contributed by atoms with E-state index in [9.17, 15) is 4.79 Å². The molecule has 0 aliphatic rings. The molecular formula is C14H9Cl2N5O. The van der Waals surface area contributed by atoms with Gasteiger partial charge in [-0.3, -0.25) is 4.79 Å². The second kappa shape index (κ2) is 6.13. The number of hydrogen-bond acceptors (Lipinski definition) is 4. The van der Waals surface area contributed by atoms with Gasteiger partial charge in [-0.1, -0.05) is 29.3 Å². The van der Waals surface area contributed by atoms with Crippen LogP contribution < -0.4 is 5.32 Å². The smallest absolute Gasteiger partial charge is 0.255 e. The molecule has 6 nitrogen and oxygen atoms in total. The highest BCUT2D eigenvalue weighted by Gasteiger charge is 2.09. The van der Waals surface area contributed by atoms with Crippen LogP contribution in [-0.4, -0.2) is 26.1 Å². The molecule has 1 aromatic heterocycles. The van der Waals surface area contributed by atoms with E-state index >= 15 is 0 Å². The van der Waals surface area contributed by atoms with E-state index in [-0.39, 0.29) is 5.91 Å². The summed E-state index contributed by atoms with van der Waals surface area (Å²) in [5.41, 5.74) is 1.71. The first kappa shape index (κ1) is 14.5. The highest BCUT2D eigenvalue weighted by molar-refractivity contribution is 6.35.